The number of esters is 2. The average Bonchev–Trinajstić information content (AvgIpc) is 2.97. The molecule has 10 heteroatoms. The fraction of sp³-hybridized carbons (Fsp3) is 0.650. The van der Waals surface area contributed by atoms with Crippen molar-refractivity contribution in [3.8, 4) is 11.5 Å². The van der Waals surface area contributed by atoms with Crippen LogP contribution >= 0.6 is 0 Å². The van der Waals surface area contributed by atoms with E-state index >= 15 is 0 Å². The Hall–Kier alpha value is -2.67. The van der Waals surface area contributed by atoms with Crippen LogP contribution in [-0.2, 0) is 28.5 Å². The summed E-state index contributed by atoms with van der Waals surface area (Å²) in [6.07, 6.45) is 0.0478. The van der Waals surface area contributed by atoms with Gasteiger partial charge in [-0.1, -0.05) is 65.8 Å². The highest BCUT2D eigenvalue weighted by Gasteiger charge is 2.59. The third-order valence-corrected chi connectivity index (χ3v) is 19.3. The monoisotopic (exact) mass is 728 g/mol. The Morgan fingerprint density at radius 1 is 0.560 bits per heavy atom. The van der Waals surface area contributed by atoms with Crippen molar-refractivity contribution in [1.29, 1.82) is 0 Å². The number of ether oxygens (including phenoxy) is 4. The molecule has 0 atom stereocenters. The Morgan fingerprint density at radius 2 is 0.860 bits per heavy atom. The zero-order chi connectivity index (χ0) is 37.7. The highest BCUT2D eigenvalue weighted by molar-refractivity contribution is 6.75. The Balaban J connectivity index is 2.01. The van der Waals surface area contributed by atoms with Crippen LogP contribution in [0.5, 0.6) is 11.5 Å². The molecule has 0 bridgehead atoms. The van der Waals surface area contributed by atoms with Crippen LogP contribution in [-0.4, -0.2) is 67.2 Å². The SMILES string of the molecule is CC(C)OCCOC(=O)C1C(c2ccc(O[Si](C)(C)C(C)(C)C)cc2)C(C(=O)OCCOC(C)C)C1c1ccc(O[Si](C)(C)C(C)(C)C)cc1. The molecule has 0 saturated heterocycles. The minimum atomic E-state index is -2.07. The summed E-state index contributed by atoms with van der Waals surface area (Å²) >= 11 is 0. The van der Waals surface area contributed by atoms with Crippen LogP contribution in [0.3, 0.4) is 0 Å². The largest absolute Gasteiger partial charge is 0.544 e. The van der Waals surface area contributed by atoms with E-state index < -0.39 is 40.3 Å². The molecule has 0 spiro atoms. The molecule has 0 amide bonds. The van der Waals surface area contributed by atoms with E-state index in [-0.39, 0.29) is 47.4 Å². The summed E-state index contributed by atoms with van der Waals surface area (Å²) in [5.74, 6) is -1.29. The first-order valence-electron chi connectivity index (χ1n) is 18.2. The van der Waals surface area contributed by atoms with Gasteiger partial charge in [-0.05, 0) is 99.4 Å². The maximum atomic E-state index is 14.0. The van der Waals surface area contributed by atoms with Crippen LogP contribution in [0.4, 0.5) is 0 Å². The highest BCUT2D eigenvalue weighted by atomic mass is 28.4. The molecule has 0 heterocycles. The van der Waals surface area contributed by atoms with Crippen molar-refractivity contribution in [3.63, 3.8) is 0 Å². The molecule has 8 nitrogen and oxygen atoms in total. The van der Waals surface area contributed by atoms with Crippen molar-refractivity contribution >= 4 is 28.6 Å². The Morgan fingerprint density at radius 3 is 1.12 bits per heavy atom. The molecule has 0 N–H and O–H groups in total. The molecule has 2 aromatic carbocycles. The molecule has 50 heavy (non-hydrogen) atoms. The first-order chi connectivity index (χ1) is 23.1. The molecule has 0 radical (unpaired) electrons. The molecule has 0 aliphatic heterocycles. The van der Waals surface area contributed by atoms with E-state index in [4.69, 9.17) is 27.8 Å². The zero-order valence-electron chi connectivity index (χ0n) is 33.2. The Kier molecular flexibility index (Phi) is 14.0. The average molecular weight is 729 g/mol. The fourth-order valence-electron chi connectivity index (χ4n) is 5.62. The minimum Gasteiger partial charge on any atom is -0.544 e. The van der Waals surface area contributed by atoms with Crippen LogP contribution in [0.25, 0.3) is 0 Å². The van der Waals surface area contributed by atoms with Gasteiger partial charge in [0, 0.05) is 11.8 Å². The fourth-order valence-corrected chi connectivity index (χ4v) is 7.68. The van der Waals surface area contributed by atoms with Crippen LogP contribution < -0.4 is 8.85 Å². The third-order valence-electron chi connectivity index (χ3n) is 10.5. The third kappa shape index (κ3) is 10.7. The van der Waals surface area contributed by atoms with Gasteiger partial charge in [0.05, 0.1) is 37.3 Å². The first kappa shape index (κ1) is 41.8. The Labute approximate surface area is 304 Å². The number of benzene rings is 2. The van der Waals surface area contributed by atoms with E-state index in [1.54, 1.807) is 0 Å². The van der Waals surface area contributed by atoms with Crippen LogP contribution in [0.2, 0.25) is 36.3 Å². The highest BCUT2D eigenvalue weighted by Crippen LogP contribution is 2.59. The number of hydrogen-bond donors (Lipinski definition) is 0. The van der Waals surface area contributed by atoms with Crippen LogP contribution in [0.1, 0.15) is 92.2 Å². The van der Waals surface area contributed by atoms with Crippen molar-refractivity contribution in [3.05, 3.63) is 59.7 Å². The molecule has 0 unspecified atom stereocenters. The molecule has 2 aromatic rings. The summed E-state index contributed by atoms with van der Waals surface area (Å²) in [4.78, 5) is 28.0. The summed E-state index contributed by atoms with van der Waals surface area (Å²) in [7, 11) is -4.13. The second-order valence-corrected chi connectivity index (χ2v) is 26.6. The van der Waals surface area contributed by atoms with Gasteiger partial charge < -0.3 is 27.8 Å². The maximum Gasteiger partial charge on any atom is 0.310 e. The van der Waals surface area contributed by atoms with Crippen molar-refractivity contribution in [2.45, 2.75) is 130 Å². The lowest BCUT2D eigenvalue weighted by Gasteiger charge is -2.49. The molecule has 1 saturated carbocycles. The first-order valence-corrected chi connectivity index (χ1v) is 24.0. The molecular formula is C40H64O8Si2. The van der Waals surface area contributed by atoms with Gasteiger partial charge in [-0.25, -0.2) is 0 Å². The number of carbonyl (C=O) groups excluding carboxylic acids is 2. The maximum absolute atomic E-state index is 14.0. The standard InChI is InChI=1S/C40H64O8Si2/c1-27(2)43-23-25-45-37(41)35-33(29-15-19-31(20-16-29)47-49(11,12)39(5,6)7)36(38(42)46-26-24-44-28(3)4)34(35)30-17-21-32(22-18-30)48-50(13,14)40(8,9)10/h15-22,27-28,33-36H,23-26H2,1-14H3. The van der Waals surface area contributed by atoms with E-state index in [0.29, 0.717) is 13.2 Å². The van der Waals surface area contributed by atoms with E-state index in [2.05, 4.69) is 67.7 Å². The van der Waals surface area contributed by atoms with E-state index in [1.807, 2.05) is 76.2 Å². The van der Waals surface area contributed by atoms with Gasteiger partial charge in [0.1, 0.15) is 24.7 Å². The van der Waals surface area contributed by atoms with Gasteiger partial charge in [-0.15, -0.1) is 0 Å². The molecule has 1 fully saturated rings. The predicted octanol–water partition coefficient (Wildman–Crippen LogP) is 9.50. The number of carbonyl (C=O) groups is 2. The van der Waals surface area contributed by atoms with Gasteiger partial charge in [0.25, 0.3) is 0 Å². The van der Waals surface area contributed by atoms with Gasteiger partial charge in [-0.2, -0.15) is 0 Å². The minimum absolute atomic E-state index is 0.0239. The van der Waals surface area contributed by atoms with Gasteiger partial charge >= 0.3 is 11.9 Å². The van der Waals surface area contributed by atoms with Crippen LogP contribution in [0, 0.1) is 11.8 Å². The summed E-state index contributed by atoms with van der Waals surface area (Å²) in [5.41, 5.74) is 1.73. The van der Waals surface area contributed by atoms with Gasteiger partial charge in [0.15, 0.2) is 0 Å². The van der Waals surface area contributed by atoms with Crippen molar-refractivity contribution in [2.75, 3.05) is 26.4 Å². The molecular weight excluding hydrogens is 665 g/mol. The lowest BCUT2D eigenvalue weighted by atomic mass is 9.52. The summed E-state index contributed by atoms with van der Waals surface area (Å²) in [6.45, 7) is 30.7. The zero-order valence-corrected chi connectivity index (χ0v) is 35.2. The number of hydrogen-bond acceptors (Lipinski definition) is 8. The molecule has 3 rings (SSSR count). The summed E-state index contributed by atoms with van der Waals surface area (Å²) in [6, 6.07) is 15.7. The lowest BCUT2D eigenvalue weighted by molar-refractivity contribution is -0.169. The molecule has 0 aromatic heterocycles. The lowest BCUT2D eigenvalue weighted by Crippen LogP contribution is -2.52. The molecule has 1 aliphatic rings. The second kappa shape index (κ2) is 16.8. The van der Waals surface area contributed by atoms with Gasteiger partial charge in [-0.3, -0.25) is 9.59 Å². The van der Waals surface area contributed by atoms with E-state index in [0.717, 1.165) is 22.6 Å². The second-order valence-electron chi connectivity index (χ2n) is 17.1. The summed E-state index contributed by atoms with van der Waals surface area (Å²) < 4.78 is 36.1. The molecule has 280 valence electrons. The quantitative estimate of drug-likeness (QED) is 0.0960. The normalized spacial score (nSPS) is 20.0. The van der Waals surface area contributed by atoms with Gasteiger partial charge in [0.2, 0.25) is 16.6 Å². The predicted molar refractivity (Wildman–Crippen MR) is 205 cm³/mol. The topological polar surface area (TPSA) is 89.5 Å². The van der Waals surface area contributed by atoms with Crippen molar-refractivity contribution in [1.82, 2.24) is 0 Å². The van der Waals surface area contributed by atoms with E-state index in [1.165, 1.54) is 0 Å². The number of rotatable bonds is 16. The van der Waals surface area contributed by atoms with E-state index in [9.17, 15) is 9.59 Å². The smallest absolute Gasteiger partial charge is 0.310 e. The van der Waals surface area contributed by atoms with Crippen molar-refractivity contribution < 1.29 is 37.4 Å². The Bertz CT molecular complexity index is 1270. The molecule has 1 aliphatic carbocycles. The van der Waals surface area contributed by atoms with Crippen LogP contribution in [0.15, 0.2) is 48.5 Å². The van der Waals surface area contributed by atoms with Crippen molar-refractivity contribution in [2.24, 2.45) is 11.8 Å². The summed E-state index contributed by atoms with van der Waals surface area (Å²) in [5, 5.41) is 0.0842.